The molecular weight excluding hydrogens is 209 g/mol. The summed E-state index contributed by atoms with van der Waals surface area (Å²) in [6.07, 6.45) is -2.83. The average molecular weight is 224 g/mol. The van der Waals surface area contributed by atoms with Gasteiger partial charge in [-0.05, 0) is 13.3 Å². The predicted octanol–water partition coefficient (Wildman–Crippen LogP) is 3.53. The predicted molar refractivity (Wildman–Crippen MR) is 50.5 cm³/mol. The molecule has 88 valence electrons. The van der Waals surface area contributed by atoms with Gasteiger partial charge >= 0.3 is 6.18 Å². The van der Waals surface area contributed by atoms with E-state index in [0.717, 1.165) is 19.8 Å². The second-order valence-electron chi connectivity index (χ2n) is 3.33. The SMILES string of the molecule is CCCCC/C(O)=C(/C(C)=O)C(F)(F)F. The number of alkyl halides is 3. The number of aliphatic hydroxyl groups excluding tert-OH is 1. The Balaban J connectivity index is 4.71. The van der Waals surface area contributed by atoms with Crippen LogP contribution >= 0.6 is 0 Å². The van der Waals surface area contributed by atoms with Crippen LogP contribution in [0.15, 0.2) is 11.3 Å². The van der Waals surface area contributed by atoms with Crippen molar-refractivity contribution in [2.45, 2.75) is 45.7 Å². The van der Waals surface area contributed by atoms with Gasteiger partial charge in [-0.3, -0.25) is 4.79 Å². The Hall–Kier alpha value is -1.00. The standard InChI is InChI=1S/C10H15F3O2/c1-3-4-5-6-8(15)9(7(2)14)10(11,12)13/h15H,3-6H2,1-2H3/b9-8+. The number of hydrogen-bond donors (Lipinski definition) is 1. The smallest absolute Gasteiger partial charge is 0.423 e. The lowest BCUT2D eigenvalue weighted by Gasteiger charge is -2.11. The fourth-order valence-corrected chi connectivity index (χ4v) is 1.23. The van der Waals surface area contributed by atoms with Crippen LogP contribution in [0.25, 0.3) is 0 Å². The number of carbonyl (C=O) groups is 1. The van der Waals surface area contributed by atoms with E-state index in [1.165, 1.54) is 0 Å². The van der Waals surface area contributed by atoms with Crippen LogP contribution in [0.5, 0.6) is 0 Å². The summed E-state index contributed by atoms with van der Waals surface area (Å²) in [4.78, 5) is 10.7. The number of aliphatic hydroxyl groups is 1. The second kappa shape index (κ2) is 5.78. The minimum absolute atomic E-state index is 0.0950. The highest BCUT2D eigenvalue weighted by Gasteiger charge is 2.39. The van der Waals surface area contributed by atoms with E-state index in [-0.39, 0.29) is 6.42 Å². The van der Waals surface area contributed by atoms with Crippen molar-refractivity contribution in [1.82, 2.24) is 0 Å². The van der Waals surface area contributed by atoms with Gasteiger partial charge in [-0.1, -0.05) is 19.8 Å². The van der Waals surface area contributed by atoms with E-state index in [4.69, 9.17) is 0 Å². The third-order valence-electron chi connectivity index (χ3n) is 1.94. The van der Waals surface area contributed by atoms with Gasteiger partial charge in [0, 0.05) is 6.42 Å². The lowest BCUT2D eigenvalue weighted by molar-refractivity contribution is -0.128. The van der Waals surface area contributed by atoms with Crippen molar-refractivity contribution in [3.8, 4) is 0 Å². The van der Waals surface area contributed by atoms with Gasteiger partial charge in [0.05, 0.1) is 0 Å². The number of rotatable bonds is 5. The van der Waals surface area contributed by atoms with E-state index >= 15 is 0 Å². The highest BCUT2D eigenvalue weighted by atomic mass is 19.4. The highest BCUT2D eigenvalue weighted by molar-refractivity contribution is 5.94. The molecule has 0 atom stereocenters. The molecule has 0 saturated carbocycles. The zero-order valence-corrected chi connectivity index (χ0v) is 8.82. The van der Waals surface area contributed by atoms with Crippen molar-refractivity contribution in [3.05, 3.63) is 11.3 Å². The van der Waals surface area contributed by atoms with Crippen LogP contribution in [0.2, 0.25) is 0 Å². The van der Waals surface area contributed by atoms with Gasteiger partial charge in [0.2, 0.25) is 0 Å². The number of unbranched alkanes of at least 4 members (excludes halogenated alkanes) is 2. The van der Waals surface area contributed by atoms with E-state index in [0.29, 0.717) is 6.42 Å². The zero-order valence-electron chi connectivity index (χ0n) is 8.82. The Kier molecular flexibility index (Phi) is 5.39. The largest absolute Gasteiger partial charge is 0.512 e. The van der Waals surface area contributed by atoms with E-state index in [9.17, 15) is 23.1 Å². The maximum atomic E-state index is 12.3. The van der Waals surface area contributed by atoms with E-state index in [1.54, 1.807) is 0 Å². The topological polar surface area (TPSA) is 37.3 Å². The van der Waals surface area contributed by atoms with Gasteiger partial charge in [-0.15, -0.1) is 0 Å². The van der Waals surface area contributed by atoms with Crippen LogP contribution in [0.4, 0.5) is 13.2 Å². The lowest BCUT2D eigenvalue weighted by Crippen LogP contribution is -2.20. The van der Waals surface area contributed by atoms with E-state index in [1.807, 2.05) is 6.92 Å². The molecule has 0 heterocycles. The van der Waals surface area contributed by atoms with Crippen LogP contribution in [-0.4, -0.2) is 17.1 Å². The maximum absolute atomic E-state index is 12.3. The molecule has 0 aliphatic rings. The van der Waals surface area contributed by atoms with Crippen molar-refractivity contribution < 1.29 is 23.1 Å². The van der Waals surface area contributed by atoms with Crippen molar-refractivity contribution in [2.24, 2.45) is 0 Å². The Morgan fingerprint density at radius 3 is 2.13 bits per heavy atom. The van der Waals surface area contributed by atoms with Crippen molar-refractivity contribution in [1.29, 1.82) is 0 Å². The highest BCUT2D eigenvalue weighted by Crippen LogP contribution is 2.29. The molecule has 0 unspecified atom stereocenters. The molecule has 0 spiro atoms. The lowest BCUT2D eigenvalue weighted by atomic mass is 10.1. The molecule has 2 nitrogen and oxygen atoms in total. The van der Waals surface area contributed by atoms with Crippen LogP contribution in [0.1, 0.15) is 39.5 Å². The number of allylic oxidation sites excluding steroid dienone is 2. The molecular formula is C10H15F3O2. The molecule has 5 heteroatoms. The summed E-state index contributed by atoms with van der Waals surface area (Å²) in [6, 6.07) is 0. The first-order valence-corrected chi connectivity index (χ1v) is 4.81. The van der Waals surface area contributed by atoms with Crippen molar-refractivity contribution in [3.63, 3.8) is 0 Å². The third kappa shape index (κ3) is 4.85. The fraction of sp³-hybridized carbons (Fsp3) is 0.700. The Labute approximate surface area is 86.8 Å². The summed E-state index contributed by atoms with van der Waals surface area (Å²) >= 11 is 0. The molecule has 0 radical (unpaired) electrons. The minimum Gasteiger partial charge on any atom is -0.512 e. The molecule has 0 aromatic heterocycles. The van der Waals surface area contributed by atoms with Crippen LogP contribution in [0.3, 0.4) is 0 Å². The quantitative estimate of drug-likeness (QED) is 0.440. The van der Waals surface area contributed by atoms with Crippen molar-refractivity contribution >= 4 is 5.78 Å². The fourth-order valence-electron chi connectivity index (χ4n) is 1.23. The second-order valence-corrected chi connectivity index (χ2v) is 3.33. The molecule has 0 rings (SSSR count). The Bertz CT molecular complexity index is 254. The Morgan fingerprint density at radius 1 is 1.27 bits per heavy atom. The first-order chi connectivity index (χ1) is 6.80. The third-order valence-corrected chi connectivity index (χ3v) is 1.94. The van der Waals surface area contributed by atoms with Gasteiger partial charge < -0.3 is 5.11 Å². The molecule has 0 aromatic rings. The normalized spacial score (nSPS) is 13.7. The molecule has 0 aliphatic carbocycles. The van der Waals surface area contributed by atoms with Gasteiger partial charge in [0.1, 0.15) is 11.3 Å². The zero-order chi connectivity index (χ0) is 12.1. The van der Waals surface area contributed by atoms with Crippen LogP contribution < -0.4 is 0 Å². The molecule has 1 N–H and O–H groups in total. The summed E-state index contributed by atoms with van der Waals surface area (Å²) in [5, 5.41) is 9.18. The molecule has 0 aromatic carbocycles. The summed E-state index contributed by atoms with van der Waals surface area (Å²) in [7, 11) is 0. The van der Waals surface area contributed by atoms with Gasteiger partial charge in [-0.2, -0.15) is 13.2 Å². The summed E-state index contributed by atoms with van der Waals surface area (Å²) in [5.74, 6) is -1.99. The van der Waals surface area contributed by atoms with Gasteiger partial charge in [0.25, 0.3) is 0 Å². The van der Waals surface area contributed by atoms with Crippen molar-refractivity contribution in [2.75, 3.05) is 0 Å². The summed E-state index contributed by atoms with van der Waals surface area (Å²) in [5.41, 5.74) is -1.42. The molecule has 0 saturated heterocycles. The maximum Gasteiger partial charge on any atom is 0.423 e. The Morgan fingerprint density at radius 2 is 1.80 bits per heavy atom. The van der Waals surface area contributed by atoms with Crippen LogP contribution in [0, 0.1) is 0 Å². The molecule has 0 fully saturated rings. The summed E-state index contributed by atoms with van der Waals surface area (Å²) in [6.45, 7) is 2.70. The van der Waals surface area contributed by atoms with Crippen LogP contribution in [-0.2, 0) is 4.79 Å². The monoisotopic (exact) mass is 224 g/mol. The molecule has 15 heavy (non-hydrogen) atoms. The number of carbonyl (C=O) groups excluding carboxylic acids is 1. The van der Waals surface area contributed by atoms with Gasteiger partial charge in [0.15, 0.2) is 5.78 Å². The number of ketones is 1. The molecule has 0 aliphatic heterocycles. The first-order valence-electron chi connectivity index (χ1n) is 4.81. The molecule has 0 amide bonds. The number of Topliss-reactive ketones (excluding diaryl/α,β-unsaturated/α-hetero) is 1. The minimum atomic E-state index is -4.76. The van der Waals surface area contributed by atoms with E-state index in [2.05, 4.69) is 0 Å². The van der Waals surface area contributed by atoms with E-state index < -0.39 is 23.3 Å². The molecule has 0 bridgehead atoms. The number of halogens is 3. The first kappa shape index (κ1) is 14.0. The average Bonchev–Trinajstić information content (AvgIpc) is 2.00. The number of hydrogen-bond acceptors (Lipinski definition) is 2. The van der Waals surface area contributed by atoms with Gasteiger partial charge in [-0.25, -0.2) is 0 Å². The summed E-state index contributed by atoms with van der Waals surface area (Å²) < 4.78 is 36.9.